The van der Waals surface area contributed by atoms with E-state index in [4.69, 9.17) is 5.84 Å². The molecule has 0 aromatic carbocycles. The smallest absolute Gasteiger partial charge is 0.328 e. The lowest BCUT2D eigenvalue weighted by Crippen LogP contribution is -2.41. The average molecular weight is 215 g/mol. The zero-order chi connectivity index (χ0) is 11.3. The number of carbonyl (C=O) groups is 3. The van der Waals surface area contributed by atoms with Crippen molar-refractivity contribution < 1.29 is 19.2 Å². The summed E-state index contributed by atoms with van der Waals surface area (Å²) >= 11 is 0. The van der Waals surface area contributed by atoms with Gasteiger partial charge in [0.1, 0.15) is 0 Å². The Morgan fingerprint density at radius 1 is 1.40 bits per heavy atom. The molecule has 1 aliphatic heterocycles. The number of amides is 2. The van der Waals surface area contributed by atoms with Crippen LogP contribution in [0.1, 0.15) is 25.7 Å². The van der Waals surface area contributed by atoms with E-state index in [1.54, 1.807) is 5.59 Å². The Hall–Kier alpha value is -1.47. The zero-order valence-electron chi connectivity index (χ0n) is 8.19. The van der Waals surface area contributed by atoms with Gasteiger partial charge in [-0.2, -0.15) is 0 Å². The van der Waals surface area contributed by atoms with Gasteiger partial charge in [0.25, 0.3) is 0 Å². The highest BCUT2D eigenvalue weighted by molar-refractivity contribution is 5.97. The summed E-state index contributed by atoms with van der Waals surface area (Å²) in [5.74, 6) is 3.67. The number of rotatable bonds is 4. The Kier molecular flexibility index (Phi) is 4.19. The van der Waals surface area contributed by atoms with E-state index in [2.05, 4.69) is 4.84 Å². The first kappa shape index (κ1) is 11.6. The molecule has 1 fully saturated rings. The number of nitrogens with one attached hydrogen (secondary N) is 1. The van der Waals surface area contributed by atoms with Gasteiger partial charge in [-0.1, -0.05) is 5.59 Å². The normalized spacial score (nSPS) is 16.7. The molecule has 0 radical (unpaired) electrons. The topological polar surface area (TPSA) is 102 Å². The van der Waals surface area contributed by atoms with Gasteiger partial charge < -0.3 is 4.84 Å². The van der Waals surface area contributed by atoms with E-state index in [1.165, 1.54) is 0 Å². The van der Waals surface area contributed by atoms with Crippen molar-refractivity contribution in [3.8, 4) is 0 Å². The SMILES string of the molecule is NNOC(=O)CCN1C(=O)CCCC1=O. The van der Waals surface area contributed by atoms with Crippen LogP contribution in [0.5, 0.6) is 0 Å². The van der Waals surface area contributed by atoms with E-state index in [0.29, 0.717) is 19.3 Å². The molecule has 0 aromatic heterocycles. The molecule has 7 nitrogen and oxygen atoms in total. The molecule has 84 valence electrons. The summed E-state index contributed by atoms with van der Waals surface area (Å²) in [7, 11) is 0. The Bertz CT molecular complexity index is 263. The molecule has 2 amide bonds. The maximum atomic E-state index is 11.3. The van der Waals surface area contributed by atoms with Crippen LogP contribution in [0.25, 0.3) is 0 Å². The van der Waals surface area contributed by atoms with Crippen molar-refractivity contribution >= 4 is 17.8 Å². The highest BCUT2D eigenvalue weighted by atomic mass is 16.7. The number of hydrogen-bond acceptors (Lipinski definition) is 6. The van der Waals surface area contributed by atoms with E-state index in [9.17, 15) is 14.4 Å². The van der Waals surface area contributed by atoms with Gasteiger partial charge in [0.05, 0.1) is 6.42 Å². The van der Waals surface area contributed by atoms with Crippen LogP contribution in [0.3, 0.4) is 0 Å². The number of carbonyl (C=O) groups excluding carboxylic acids is 3. The number of nitrogens with two attached hydrogens (primary N) is 1. The highest BCUT2D eigenvalue weighted by Crippen LogP contribution is 2.12. The molecule has 1 aliphatic rings. The van der Waals surface area contributed by atoms with Crippen LogP contribution in [0, 0.1) is 0 Å². The molecule has 7 heteroatoms. The number of likely N-dealkylation sites (tertiary alicyclic amines) is 1. The van der Waals surface area contributed by atoms with Crippen LogP contribution in [0.2, 0.25) is 0 Å². The van der Waals surface area contributed by atoms with E-state index in [0.717, 1.165) is 4.90 Å². The summed E-state index contributed by atoms with van der Waals surface area (Å²) in [4.78, 5) is 38.8. The average Bonchev–Trinajstić information content (AvgIpc) is 2.17. The van der Waals surface area contributed by atoms with Crippen LogP contribution in [-0.4, -0.2) is 29.2 Å². The zero-order valence-corrected chi connectivity index (χ0v) is 8.19. The van der Waals surface area contributed by atoms with Gasteiger partial charge in [-0.15, -0.1) is 0 Å². The molecule has 1 heterocycles. The second-order valence-corrected chi connectivity index (χ2v) is 3.13. The fraction of sp³-hybridized carbons (Fsp3) is 0.625. The third kappa shape index (κ3) is 3.30. The molecular weight excluding hydrogens is 202 g/mol. The van der Waals surface area contributed by atoms with Crippen molar-refractivity contribution in [3.63, 3.8) is 0 Å². The van der Waals surface area contributed by atoms with Gasteiger partial charge >= 0.3 is 5.97 Å². The highest BCUT2D eigenvalue weighted by Gasteiger charge is 2.26. The molecule has 0 unspecified atom stereocenters. The monoisotopic (exact) mass is 215 g/mol. The summed E-state index contributed by atoms with van der Waals surface area (Å²) in [6.07, 6.45) is 1.25. The van der Waals surface area contributed by atoms with Crippen molar-refractivity contribution in [2.24, 2.45) is 5.84 Å². The number of nitrogens with zero attached hydrogens (tertiary/aromatic N) is 1. The number of hydrazine groups is 1. The lowest BCUT2D eigenvalue weighted by Gasteiger charge is -2.24. The first-order valence-corrected chi connectivity index (χ1v) is 4.63. The molecule has 0 aliphatic carbocycles. The molecule has 0 bridgehead atoms. The molecule has 1 saturated heterocycles. The van der Waals surface area contributed by atoms with Crippen LogP contribution in [0.4, 0.5) is 0 Å². The van der Waals surface area contributed by atoms with Crippen LogP contribution >= 0.6 is 0 Å². The molecule has 0 spiro atoms. The molecule has 3 N–H and O–H groups in total. The lowest BCUT2D eigenvalue weighted by molar-refractivity contribution is -0.153. The Balaban J connectivity index is 2.39. The summed E-state index contributed by atoms with van der Waals surface area (Å²) in [6.45, 7) is 0.0537. The number of piperidine rings is 1. The Morgan fingerprint density at radius 3 is 2.53 bits per heavy atom. The molecular formula is C8H13N3O4. The van der Waals surface area contributed by atoms with Crippen molar-refractivity contribution in [3.05, 3.63) is 0 Å². The number of imide groups is 1. The van der Waals surface area contributed by atoms with E-state index in [-0.39, 0.29) is 24.8 Å². The maximum Gasteiger partial charge on any atom is 0.328 e. The van der Waals surface area contributed by atoms with E-state index < -0.39 is 5.97 Å². The predicted molar refractivity (Wildman–Crippen MR) is 48.6 cm³/mol. The minimum absolute atomic E-state index is 0.0537. The van der Waals surface area contributed by atoms with Gasteiger partial charge in [-0.05, 0) is 6.42 Å². The summed E-state index contributed by atoms with van der Waals surface area (Å²) in [6, 6.07) is 0. The second kappa shape index (κ2) is 5.42. The van der Waals surface area contributed by atoms with Crippen molar-refractivity contribution in [1.29, 1.82) is 0 Å². The quantitative estimate of drug-likeness (QED) is 0.348. The third-order valence-corrected chi connectivity index (χ3v) is 2.10. The first-order chi connectivity index (χ1) is 7.15. The second-order valence-electron chi connectivity index (χ2n) is 3.13. The largest absolute Gasteiger partial charge is 0.356 e. The summed E-state index contributed by atoms with van der Waals surface area (Å²) in [5.41, 5.74) is 1.74. The van der Waals surface area contributed by atoms with Gasteiger partial charge in [0.2, 0.25) is 11.8 Å². The van der Waals surface area contributed by atoms with Crippen LogP contribution in [-0.2, 0) is 19.2 Å². The fourth-order valence-electron chi connectivity index (χ4n) is 1.37. The van der Waals surface area contributed by atoms with Gasteiger partial charge in [-0.3, -0.25) is 19.3 Å². The number of hydrogen-bond donors (Lipinski definition) is 2. The van der Waals surface area contributed by atoms with Crippen molar-refractivity contribution in [2.75, 3.05) is 6.54 Å². The van der Waals surface area contributed by atoms with Crippen LogP contribution in [0.15, 0.2) is 0 Å². The van der Waals surface area contributed by atoms with Crippen molar-refractivity contribution in [1.82, 2.24) is 10.5 Å². The summed E-state index contributed by atoms with van der Waals surface area (Å²) in [5, 5.41) is 0. The molecule has 15 heavy (non-hydrogen) atoms. The van der Waals surface area contributed by atoms with Crippen LogP contribution < -0.4 is 11.4 Å². The minimum Gasteiger partial charge on any atom is -0.356 e. The molecule has 0 atom stereocenters. The third-order valence-electron chi connectivity index (χ3n) is 2.10. The van der Waals surface area contributed by atoms with Gasteiger partial charge in [0, 0.05) is 19.4 Å². The van der Waals surface area contributed by atoms with Crippen molar-refractivity contribution in [2.45, 2.75) is 25.7 Å². The lowest BCUT2D eigenvalue weighted by atomic mass is 10.1. The fourth-order valence-corrected chi connectivity index (χ4v) is 1.37. The van der Waals surface area contributed by atoms with Gasteiger partial charge in [0.15, 0.2) is 0 Å². The molecule has 0 saturated carbocycles. The molecule has 1 rings (SSSR count). The predicted octanol–water partition coefficient (Wildman–Crippen LogP) is -1.16. The first-order valence-electron chi connectivity index (χ1n) is 4.63. The van der Waals surface area contributed by atoms with Gasteiger partial charge in [-0.25, -0.2) is 5.84 Å². The summed E-state index contributed by atoms with van der Waals surface area (Å²) < 4.78 is 0. The maximum absolute atomic E-state index is 11.3. The van der Waals surface area contributed by atoms with E-state index >= 15 is 0 Å². The Labute approximate surface area is 86.5 Å². The minimum atomic E-state index is -0.608. The van der Waals surface area contributed by atoms with E-state index in [1.807, 2.05) is 0 Å². The Morgan fingerprint density at radius 2 is 2.00 bits per heavy atom. The standard InChI is InChI=1S/C8H13N3O4/c9-10-15-8(14)4-5-11-6(12)2-1-3-7(11)13/h10H,1-5,9H2. The molecule has 0 aromatic rings.